The van der Waals surface area contributed by atoms with Crippen LogP contribution in [0.1, 0.15) is 27.3 Å². The van der Waals surface area contributed by atoms with Crippen molar-refractivity contribution in [1.29, 1.82) is 0 Å². The molecule has 5 nitrogen and oxygen atoms in total. The van der Waals surface area contributed by atoms with Gasteiger partial charge in [-0.25, -0.2) is 9.97 Å². The first-order chi connectivity index (χ1) is 11.7. The van der Waals surface area contributed by atoms with Gasteiger partial charge in [-0.05, 0) is 30.5 Å². The summed E-state index contributed by atoms with van der Waals surface area (Å²) >= 11 is 1.54. The molecule has 24 heavy (non-hydrogen) atoms. The fourth-order valence-electron chi connectivity index (χ4n) is 2.86. The Morgan fingerprint density at radius 3 is 3.04 bits per heavy atom. The molecule has 1 aliphatic rings. The smallest absolute Gasteiger partial charge is 0.264 e. The molecule has 2 aromatic heterocycles. The third-order valence-electron chi connectivity index (χ3n) is 4.09. The van der Waals surface area contributed by atoms with Crippen molar-refractivity contribution in [2.45, 2.75) is 13.0 Å². The minimum Gasteiger partial charge on any atom is -0.367 e. The van der Waals surface area contributed by atoms with E-state index in [9.17, 15) is 4.79 Å². The van der Waals surface area contributed by atoms with E-state index in [0.29, 0.717) is 25.5 Å². The second-order valence-corrected chi connectivity index (χ2v) is 6.90. The summed E-state index contributed by atoms with van der Waals surface area (Å²) in [4.78, 5) is 24.2. The first-order valence-electron chi connectivity index (χ1n) is 7.90. The molecule has 1 saturated heterocycles. The third-order valence-corrected chi connectivity index (χ3v) is 5.20. The van der Waals surface area contributed by atoms with Crippen LogP contribution in [0, 0.1) is 6.92 Å². The first kappa shape index (κ1) is 15.2. The van der Waals surface area contributed by atoms with Crippen molar-refractivity contribution in [3.63, 3.8) is 0 Å². The zero-order valence-electron chi connectivity index (χ0n) is 13.3. The molecule has 3 aromatic rings. The summed E-state index contributed by atoms with van der Waals surface area (Å²) in [6.07, 6.45) is 1.46. The van der Waals surface area contributed by atoms with E-state index in [0.717, 1.165) is 20.7 Å². The quantitative estimate of drug-likeness (QED) is 0.719. The maximum absolute atomic E-state index is 12.9. The number of hydrogen-bond acceptors (Lipinski definition) is 5. The summed E-state index contributed by atoms with van der Waals surface area (Å²) in [5.41, 5.74) is 0.900. The maximum Gasteiger partial charge on any atom is 0.264 e. The Kier molecular flexibility index (Phi) is 4.00. The van der Waals surface area contributed by atoms with Crippen LogP contribution in [0.2, 0.25) is 0 Å². The van der Waals surface area contributed by atoms with Crippen LogP contribution in [-0.4, -0.2) is 40.5 Å². The van der Waals surface area contributed by atoms with Crippen molar-refractivity contribution >= 4 is 27.3 Å². The van der Waals surface area contributed by atoms with Crippen LogP contribution >= 0.6 is 11.3 Å². The van der Waals surface area contributed by atoms with Gasteiger partial charge in [-0.3, -0.25) is 4.79 Å². The Balaban J connectivity index is 1.56. The van der Waals surface area contributed by atoms with E-state index < -0.39 is 0 Å². The second kappa shape index (κ2) is 6.30. The number of rotatable bonds is 2. The first-order valence-corrected chi connectivity index (χ1v) is 8.71. The van der Waals surface area contributed by atoms with Gasteiger partial charge in [0, 0.05) is 23.1 Å². The molecule has 3 heterocycles. The van der Waals surface area contributed by atoms with Crippen LogP contribution in [0.4, 0.5) is 0 Å². The minimum absolute atomic E-state index is 0.0529. The Morgan fingerprint density at radius 2 is 2.21 bits per heavy atom. The molecule has 1 aliphatic heterocycles. The number of aryl methyl sites for hydroxylation is 1. The van der Waals surface area contributed by atoms with E-state index in [2.05, 4.69) is 9.97 Å². The number of benzene rings is 1. The van der Waals surface area contributed by atoms with E-state index in [-0.39, 0.29) is 12.0 Å². The Bertz CT molecular complexity index is 860. The summed E-state index contributed by atoms with van der Waals surface area (Å²) in [6, 6.07) is 11.9. The predicted molar refractivity (Wildman–Crippen MR) is 93.2 cm³/mol. The average Bonchev–Trinajstić information content (AvgIpc) is 3.05. The van der Waals surface area contributed by atoms with E-state index in [1.165, 1.54) is 11.3 Å². The Labute approximate surface area is 143 Å². The molecular formula is C18H17N3O2S. The Hall–Kier alpha value is -2.31. The SMILES string of the molecule is Cc1ccnc([C@H]2CN(C(=O)c3cc4ccccc4s3)CCO2)n1. The van der Waals surface area contributed by atoms with Crippen molar-refractivity contribution in [2.24, 2.45) is 0 Å². The number of thiophene rings is 1. The zero-order valence-corrected chi connectivity index (χ0v) is 14.1. The lowest BCUT2D eigenvalue weighted by Gasteiger charge is -2.31. The molecule has 1 aromatic carbocycles. The molecule has 0 aliphatic carbocycles. The van der Waals surface area contributed by atoms with Gasteiger partial charge in [-0.1, -0.05) is 18.2 Å². The van der Waals surface area contributed by atoms with Gasteiger partial charge >= 0.3 is 0 Å². The molecule has 4 rings (SSSR count). The monoisotopic (exact) mass is 339 g/mol. The van der Waals surface area contributed by atoms with Crippen LogP contribution in [-0.2, 0) is 4.74 Å². The summed E-state index contributed by atoms with van der Waals surface area (Å²) < 4.78 is 6.91. The van der Waals surface area contributed by atoms with E-state index in [1.54, 1.807) is 6.20 Å². The lowest BCUT2D eigenvalue weighted by Crippen LogP contribution is -2.42. The molecule has 122 valence electrons. The molecule has 6 heteroatoms. The highest BCUT2D eigenvalue weighted by Crippen LogP contribution is 2.28. The van der Waals surface area contributed by atoms with Crippen LogP contribution in [0.3, 0.4) is 0 Å². The number of amides is 1. The molecule has 0 radical (unpaired) electrons. The molecule has 0 N–H and O–H groups in total. The van der Waals surface area contributed by atoms with Gasteiger partial charge in [0.25, 0.3) is 5.91 Å². The fraction of sp³-hybridized carbons (Fsp3) is 0.278. The highest BCUT2D eigenvalue weighted by molar-refractivity contribution is 7.20. The number of aromatic nitrogens is 2. The number of hydrogen-bond donors (Lipinski definition) is 0. The minimum atomic E-state index is -0.267. The number of fused-ring (bicyclic) bond motifs is 1. The van der Waals surface area contributed by atoms with Gasteiger partial charge < -0.3 is 9.64 Å². The van der Waals surface area contributed by atoms with Gasteiger partial charge in [0.05, 0.1) is 18.0 Å². The number of morpholine rings is 1. The van der Waals surface area contributed by atoms with Gasteiger partial charge in [0.1, 0.15) is 6.10 Å². The van der Waals surface area contributed by atoms with Crippen LogP contribution in [0.15, 0.2) is 42.6 Å². The standard InChI is InChI=1S/C18H17N3O2S/c1-12-6-7-19-17(20-12)14-11-21(8-9-23-14)18(22)16-10-13-4-2-3-5-15(13)24-16/h2-7,10,14H,8-9,11H2,1H3/t14-/m1/s1. The largest absolute Gasteiger partial charge is 0.367 e. The Morgan fingerprint density at radius 1 is 1.33 bits per heavy atom. The summed E-state index contributed by atoms with van der Waals surface area (Å²) in [7, 11) is 0. The van der Waals surface area contributed by atoms with E-state index >= 15 is 0 Å². The number of carbonyl (C=O) groups is 1. The van der Waals surface area contributed by atoms with Crippen molar-refractivity contribution in [2.75, 3.05) is 19.7 Å². The van der Waals surface area contributed by atoms with Gasteiger partial charge in [0.2, 0.25) is 0 Å². The van der Waals surface area contributed by atoms with Crippen molar-refractivity contribution < 1.29 is 9.53 Å². The highest BCUT2D eigenvalue weighted by atomic mass is 32.1. The van der Waals surface area contributed by atoms with Gasteiger partial charge in [-0.2, -0.15) is 0 Å². The topological polar surface area (TPSA) is 55.3 Å². The molecule has 0 spiro atoms. The maximum atomic E-state index is 12.9. The van der Waals surface area contributed by atoms with Crippen molar-refractivity contribution in [3.8, 4) is 0 Å². The lowest BCUT2D eigenvalue weighted by atomic mass is 10.2. The summed E-state index contributed by atoms with van der Waals surface area (Å²) in [5.74, 6) is 0.695. The van der Waals surface area contributed by atoms with Crippen LogP contribution < -0.4 is 0 Å². The zero-order chi connectivity index (χ0) is 16.5. The molecular weight excluding hydrogens is 322 g/mol. The summed E-state index contributed by atoms with van der Waals surface area (Å²) in [5, 5.41) is 1.11. The molecule has 1 fully saturated rings. The number of ether oxygens (including phenoxy) is 1. The molecule has 0 saturated carbocycles. The van der Waals surface area contributed by atoms with Crippen molar-refractivity contribution in [1.82, 2.24) is 14.9 Å². The van der Waals surface area contributed by atoms with E-state index in [1.807, 2.05) is 48.2 Å². The summed E-state index contributed by atoms with van der Waals surface area (Å²) in [6.45, 7) is 3.50. The fourth-order valence-corrected chi connectivity index (χ4v) is 3.89. The van der Waals surface area contributed by atoms with Crippen molar-refractivity contribution in [3.05, 3.63) is 59.0 Å². The second-order valence-electron chi connectivity index (χ2n) is 5.82. The predicted octanol–water partition coefficient (Wildman–Crippen LogP) is 3.21. The average molecular weight is 339 g/mol. The number of carbonyl (C=O) groups excluding carboxylic acids is 1. The third kappa shape index (κ3) is 2.90. The van der Waals surface area contributed by atoms with E-state index in [4.69, 9.17) is 4.74 Å². The molecule has 0 unspecified atom stereocenters. The number of nitrogens with zero attached hydrogens (tertiary/aromatic N) is 3. The molecule has 1 amide bonds. The normalized spacial score (nSPS) is 18.0. The van der Waals surface area contributed by atoms with Crippen LogP contribution in [0.5, 0.6) is 0 Å². The molecule has 1 atom stereocenters. The van der Waals surface area contributed by atoms with Gasteiger partial charge in [0.15, 0.2) is 5.82 Å². The highest BCUT2D eigenvalue weighted by Gasteiger charge is 2.28. The molecule has 0 bridgehead atoms. The van der Waals surface area contributed by atoms with Crippen LogP contribution in [0.25, 0.3) is 10.1 Å². The lowest BCUT2D eigenvalue weighted by molar-refractivity contribution is -0.0267. The van der Waals surface area contributed by atoms with Gasteiger partial charge in [-0.15, -0.1) is 11.3 Å².